The molecule has 0 atom stereocenters. The number of nitrogens with zero attached hydrogens (tertiary/aromatic N) is 1. The number of aromatic nitrogens is 1. The van der Waals surface area contributed by atoms with Crippen molar-refractivity contribution in [1.29, 1.82) is 0 Å². The third-order valence-electron chi connectivity index (χ3n) is 3.53. The van der Waals surface area contributed by atoms with E-state index < -0.39 is 5.91 Å². The molecule has 0 spiro atoms. The van der Waals surface area contributed by atoms with Crippen molar-refractivity contribution < 1.29 is 14.0 Å². The van der Waals surface area contributed by atoms with Crippen LogP contribution in [-0.2, 0) is 11.3 Å². The van der Waals surface area contributed by atoms with E-state index in [9.17, 15) is 9.59 Å². The van der Waals surface area contributed by atoms with Crippen molar-refractivity contribution in [2.45, 2.75) is 6.54 Å². The molecule has 0 bridgehead atoms. The zero-order chi connectivity index (χ0) is 18.2. The maximum absolute atomic E-state index is 12.6. The topological polar surface area (TPSA) is 84.2 Å². The van der Waals surface area contributed by atoms with Crippen LogP contribution in [0, 0.1) is 0 Å². The summed E-state index contributed by atoms with van der Waals surface area (Å²) in [5, 5.41) is 5.41. The Morgan fingerprint density at radius 2 is 1.88 bits per heavy atom. The van der Waals surface area contributed by atoms with Crippen molar-refractivity contribution in [1.82, 2.24) is 15.6 Å². The van der Waals surface area contributed by atoms with Gasteiger partial charge in [0.25, 0.3) is 11.8 Å². The quantitative estimate of drug-likeness (QED) is 0.672. The molecule has 0 radical (unpaired) electrons. The molecule has 1 aromatic carbocycles. The van der Waals surface area contributed by atoms with Crippen LogP contribution in [-0.4, -0.2) is 16.8 Å². The Kier molecular flexibility index (Phi) is 5.57. The molecule has 0 unspecified atom stereocenters. The molecule has 0 fully saturated rings. The van der Waals surface area contributed by atoms with Crippen LogP contribution in [0.1, 0.15) is 21.7 Å². The minimum atomic E-state index is -0.422. The first-order valence-corrected chi connectivity index (χ1v) is 8.01. The first kappa shape index (κ1) is 17.2. The normalized spacial score (nSPS) is 11.0. The second kappa shape index (κ2) is 8.43. The number of furan rings is 1. The lowest BCUT2D eigenvalue weighted by Crippen LogP contribution is -2.34. The molecule has 130 valence electrons. The number of carbonyl (C=O) groups is 2. The van der Waals surface area contributed by atoms with Crippen LogP contribution in [0.4, 0.5) is 0 Å². The highest BCUT2D eigenvalue weighted by molar-refractivity contribution is 6.05. The monoisotopic (exact) mass is 347 g/mol. The first-order valence-electron chi connectivity index (χ1n) is 8.01. The summed E-state index contributed by atoms with van der Waals surface area (Å²) < 4.78 is 5.25. The molecule has 2 amide bonds. The Balaban J connectivity index is 1.75. The van der Waals surface area contributed by atoms with E-state index in [1.165, 1.54) is 12.3 Å². The summed E-state index contributed by atoms with van der Waals surface area (Å²) in [7, 11) is 0. The molecule has 2 N–H and O–H groups in total. The number of benzene rings is 1. The molecule has 2 heterocycles. The lowest BCUT2D eigenvalue weighted by Gasteiger charge is -2.10. The number of hydrogen-bond donors (Lipinski definition) is 2. The standard InChI is InChI=1S/C20H17N3O3/c24-19(16-7-2-1-3-8-16)23-18(12-17-9-5-11-26-17)20(25)22-14-15-6-4-10-21-13-15/h1-13H,14H2,(H,22,25)(H,23,24)/b18-12-. The zero-order valence-corrected chi connectivity index (χ0v) is 13.9. The second-order valence-corrected chi connectivity index (χ2v) is 5.44. The van der Waals surface area contributed by atoms with Crippen LogP contribution in [0.3, 0.4) is 0 Å². The lowest BCUT2D eigenvalue weighted by molar-refractivity contribution is -0.117. The first-order chi connectivity index (χ1) is 12.7. The van der Waals surface area contributed by atoms with Crippen molar-refractivity contribution in [2.75, 3.05) is 0 Å². The van der Waals surface area contributed by atoms with E-state index in [0.717, 1.165) is 5.56 Å². The number of carbonyl (C=O) groups excluding carboxylic acids is 2. The number of amides is 2. The summed E-state index contributed by atoms with van der Waals surface area (Å²) in [6, 6.07) is 15.7. The molecule has 0 saturated carbocycles. The number of rotatable bonds is 6. The van der Waals surface area contributed by atoms with Gasteiger partial charge in [0.1, 0.15) is 11.5 Å². The molecule has 0 saturated heterocycles. The zero-order valence-electron chi connectivity index (χ0n) is 13.9. The van der Waals surface area contributed by atoms with Gasteiger partial charge in [0, 0.05) is 30.6 Å². The van der Waals surface area contributed by atoms with Gasteiger partial charge in [-0.1, -0.05) is 24.3 Å². The van der Waals surface area contributed by atoms with Crippen LogP contribution in [0.5, 0.6) is 0 Å². The fourth-order valence-corrected chi connectivity index (χ4v) is 2.24. The van der Waals surface area contributed by atoms with Crippen LogP contribution >= 0.6 is 0 Å². The largest absolute Gasteiger partial charge is 0.465 e. The third kappa shape index (κ3) is 4.67. The summed E-state index contributed by atoms with van der Waals surface area (Å²) in [6.45, 7) is 0.295. The number of pyridine rings is 1. The molecule has 2 aromatic heterocycles. The van der Waals surface area contributed by atoms with E-state index in [1.807, 2.05) is 12.1 Å². The highest BCUT2D eigenvalue weighted by atomic mass is 16.3. The maximum Gasteiger partial charge on any atom is 0.268 e. The van der Waals surface area contributed by atoms with E-state index in [0.29, 0.717) is 17.9 Å². The van der Waals surface area contributed by atoms with E-state index in [2.05, 4.69) is 15.6 Å². The van der Waals surface area contributed by atoms with Crippen LogP contribution in [0.25, 0.3) is 6.08 Å². The van der Waals surface area contributed by atoms with Crippen LogP contribution in [0.15, 0.2) is 83.4 Å². The minimum absolute atomic E-state index is 0.0951. The smallest absolute Gasteiger partial charge is 0.268 e. The molecule has 6 nitrogen and oxygen atoms in total. The molecule has 0 aliphatic heterocycles. The molecule has 0 aliphatic carbocycles. The van der Waals surface area contributed by atoms with Crippen molar-refractivity contribution in [3.8, 4) is 0 Å². The molecular weight excluding hydrogens is 330 g/mol. The minimum Gasteiger partial charge on any atom is -0.465 e. The Hall–Kier alpha value is -3.67. The maximum atomic E-state index is 12.6. The van der Waals surface area contributed by atoms with Gasteiger partial charge in [-0.15, -0.1) is 0 Å². The van der Waals surface area contributed by atoms with E-state index >= 15 is 0 Å². The van der Waals surface area contributed by atoms with Gasteiger partial charge in [-0.05, 0) is 35.9 Å². The molecule has 3 aromatic rings. The Morgan fingerprint density at radius 1 is 1.04 bits per heavy atom. The predicted octanol–water partition coefficient (Wildman–Crippen LogP) is 2.76. The fourth-order valence-electron chi connectivity index (χ4n) is 2.24. The number of nitrogens with one attached hydrogen (secondary N) is 2. The van der Waals surface area contributed by atoms with Gasteiger partial charge in [-0.25, -0.2) is 0 Å². The molecule has 3 rings (SSSR count). The highest BCUT2D eigenvalue weighted by Crippen LogP contribution is 2.08. The Morgan fingerprint density at radius 3 is 2.58 bits per heavy atom. The van der Waals surface area contributed by atoms with Gasteiger partial charge in [-0.3, -0.25) is 14.6 Å². The third-order valence-corrected chi connectivity index (χ3v) is 3.53. The van der Waals surface area contributed by atoms with Crippen molar-refractivity contribution in [3.05, 3.63) is 95.8 Å². The van der Waals surface area contributed by atoms with Gasteiger partial charge in [0.2, 0.25) is 0 Å². The average molecular weight is 347 g/mol. The fraction of sp³-hybridized carbons (Fsp3) is 0.0500. The van der Waals surface area contributed by atoms with E-state index in [4.69, 9.17) is 4.42 Å². The van der Waals surface area contributed by atoms with E-state index in [-0.39, 0.29) is 11.6 Å². The van der Waals surface area contributed by atoms with Crippen molar-refractivity contribution in [2.24, 2.45) is 0 Å². The molecule has 6 heteroatoms. The predicted molar refractivity (Wildman–Crippen MR) is 96.7 cm³/mol. The van der Waals surface area contributed by atoms with Crippen LogP contribution in [0.2, 0.25) is 0 Å². The Labute approximate surface area is 150 Å². The lowest BCUT2D eigenvalue weighted by atomic mass is 10.2. The van der Waals surface area contributed by atoms with Gasteiger partial charge < -0.3 is 15.1 Å². The molecule has 0 aliphatic rings. The summed E-state index contributed by atoms with van der Waals surface area (Å²) in [6.07, 6.45) is 6.31. The van der Waals surface area contributed by atoms with E-state index in [1.54, 1.807) is 54.9 Å². The van der Waals surface area contributed by atoms with Gasteiger partial charge in [-0.2, -0.15) is 0 Å². The SMILES string of the molecule is O=C(NCc1cccnc1)/C(=C/c1ccco1)NC(=O)c1ccccc1. The van der Waals surface area contributed by atoms with Gasteiger partial charge >= 0.3 is 0 Å². The van der Waals surface area contributed by atoms with Crippen molar-refractivity contribution >= 4 is 17.9 Å². The summed E-state index contributed by atoms with van der Waals surface area (Å²) in [5.41, 5.74) is 1.41. The second-order valence-electron chi connectivity index (χ2n) is 5.44. The summed E-state index contributed by atoms with van der Waals surface area (Å²) >= 11 is 0. The number of hydrogen-bond acceptors (Lipinski definition) is 4. The van der Waals surface area contributed by atoms with Crippen molar-refractivity contribution in [3.63, 3.8) is 0 Å². The molecule has 26 heavy (non-hydrogen) atoms. The van der Waals surface area contributed by atoms with Gasteiger partial charge in [0.15, 0.2) is 0 Å². The molecular formula is C20H17N3O3. The summed E-state index contributed by atoms with van der Waals surface area (Å²) in [4.78, 5) is 28.9. The Bertz CT molecular complexity index is 889. The average Bonchev–Trinajstić information content (AvgIpc) is 3.20. The van der Waals surface area contributed by atoms with Crippen LogP contribution < -0.4 is 10.6 Å². The summed E-state index contributed by atoms with van der Waals surface area (Å²) in [5.74, 6) is -0.334. The van der Waals surface area contributed by atoms with Gasteiger partial charge in [0.05, 0.1) is 6.26 Å². The highest BCUT2D eigenvalue weighted by Gasteiger charge is 2.15.